The molecular formula is C15H11BrN2S. The van der Waals surface area contributed by atoms with Crippen molar-refractivity contribution >= 4 is 33.0 Å². The molecule has 0 bridgehead atoms. The van der Waals surface area contributed by atoms with Crippen molar-refractivity contribution in [1.82, 2.24) is 4.98 Å². The molecule has 0 saturated carbocycles. The highest BCUT2D eigenvalue weighted by atomic mass is 79.9. The van der Waals surface area contributed by atoms with Crippen LogP contribution in [0.3, 0.4) is 0 Å². The first-order chi connectivity index (χ1) is 9.25. The summed E-state index contributed by atoms with van der Waals surface area (Å²) >= 11 is 5.16. The van der Waals surface area contributed by atoms with Crippen LogP contribution in [0, 0.1) is 0 Å². The molecule has 0 aliphatic heterocycles. The van der Waals surface area contributed by atoms with E-state index in [0.29, 0.717) is 0 Å². The maximum Gasteiger partial charge on any atom is 0.126 e. The zero-order chi connectivity index (χ0) is 13.2. The number of nitrogens with zero attached hydrogens (tertiary/aromatic N) is 1. The molecular weight excluding hydrogens is 320 g/mol. The van der Waals surface area contributed by atoms with Gasteiger partial charge in [0, 0.05) is 26.7 Å². The molecule has 0 spiro atoms. The Morgan fingerprint density at radius 3 is 2.37 bits per heavy atom. The normalized spacial score (nSPS) is 10.6. The number of benzene rings is 2. The minimum Gasteiger partial charge on any atom is -0.398 e. The van der Waals surface area contributed by atoms with Gasteiger partial charge >= 0.3 is 0 Å². The summed E-state index contributed by atoms with van der Waals surface area (Å²) in [7, 11) is 0. The second kappa shape index (κ2) is 5.15. The van der Waals surface area contributed by atoms with E-state index in [-0.39, 0.29) is 0 Å². The Hall–Kier alpha value is -1.65. The van der Waals surface area contributed by atoms with Crippen molar-refractivity contribution in [3.63, 3.8) is 0 Å². The van der Waals surface area contributed by atoms with E-state index < -0.39 is 0 Å². The number of hydrogen-bond acceptors (Lipinski definition) is 3. The molecule has 2 aromatic carbocycles. The van der Waals surface area contributed by atoms with Gasteiger partial charge in [-0.25, -0.2) is 4.98 Å². The van der Waals surface area contributed by atoms with Gasteiger partial charge in [-0.2, -0.15) is 0 Å². The lowest BCUT2D eigenvalue weighted by molar-refractivity contribution is 1.39. The maximum absolute atomic E-state index is 5.99. The molecule has 0 saturated heterocycles. The third kappa shape index (κ3) is 2.41. The van der Waals surface area contributed by atoms with Crippen molar-refractivity contribution in [1.29, 1.82) is 0 Å². The molecule has 1 aromatic heterocycles. The summed E-state index contributed by atoms with van der Waals surface area (Å²) in [5.41, 5.74) is 9.80. The summed E-state index contributed by atoms with van der Waals surface area (Å²) in [5.74, 6) is 0. The molecule has 4 heteroatoms. The molecule has 3 aromatic rings. The number of nitrogens with two attached hydrogens (primary N) is 1. The van der Waals surface area contributed by atoms with Crippen LogP contribution in [0.2, 0.25) is 0 Å². The first kappa shape index (κ1) is 12.4. The summed E-state index contributed by atoms with van der Waals surface area (Å²) in [5, 5.41) is 3.01. The number of aromatic nitrogens is 1. The fraction of sp³-hybridized carbons (Fsp3) is 0. The number of hydrogen-bond donors (Lipinski definition) is 1. The lowest BCUT2D eigenvalue weighted by Crippen LogP contribution is -1.88. The van der Waals surface area contributed by atoms with Crippen molar-refractivity contribution in [2.75, 3.05) is 5.73 Å². The van der Waals surface area contributed by atoms with Gasteiger partial charge in [-0.1, -0.05) is 46.3 Å². The molecule has 0 radical (unpaired) electrons. The Morgan fingerprint density at radius 1 is 0.947 bits per heavy atom. The SMILES string of the molecule is Nc1ccccc1-c1nc(-c2ccccc2Br)cs1. The van der Waals surface area contributed by atoms with E-state index in [0.717, 1.165) is 32.0 Å². The summed E-state index contributed by atoms with van der Waals surface area (Å²) in [6.45, 7) is 0. The monoisotopic (exact) mass is 330 g/mol. The van der Waals surface area contributed by atoms with Gasteiger partial charge in [0.25, 0.3) is 0 Å². The fourth-order valence-electron chi connectivity index (χ4n) is 1.88. The Balaban J connectivity index is 2.06. The van der Waals surface area contributed by atoms with Crippen LogP contribution in [-0.4, -0.2) is 4.98 Å². The molecule has 0 amide bonds. The molecule has 0 aliphatic carbocycles. The van der Waals surface area contributed by atoms with Crippen molar-refractivity contribution in [2.45, 2.75) is 0 Å². The molecule has 0 unspecified atom stereocenters. The van der Waals surface area contributed by atoms with E-state index in [1.54, 1.807) is 11.3 Å². The summed E-state index contributed by atoms with van der Waals surface area (Å²) in [6.07, 6.45) is 0. The van der Waals surface area contributed by atoms with E-state index >= 15 is 0 Å². The molecule has 2 N–H and O–H groups in total. The van der Waals surface area contributed by atoms with Gasteiger partial charge < -0.3 is 5.73 Å². The molecule has 0 fully saturated rings. The fourth-order valence-corrected chi connectivity index (χ4v) is 3.24. The van der Waals surface area contributed by atoms with E-state index in [1.165, 1.54) is 0 Å². The molecule has 2 nitrogen and oxygen atoms in total. The van der Waals surface area contributed by atoms with Crippen LogP contribution in [0.1, 0.15) is 0 Å². The Labute approximate surface area is 124 Å². The summed E-state index contributed by atoms with van der Waals surface area (Å²) < 4.78 is 1.05. The van der Waals surface area contributed by atoms with Gasteiger partial charge in [0.1, 0.15) is 5.01 Å². The average Bonchev–Trinajstić information content (AvgIpc) is 2.89. The van der Waals surface area contributed by atoms with Crippen molar-refractivity contribution in [3.8, 4) is 21.8 Å². The molecule has 19 heavy (non-hydrogen) atoms. The Bertz CT molecular complexity index is 661. The van der Waals surface area contributed by atoms with Crippen LogP contribution in [0.5, 0.6) is 0 Å². The first-order valence-electron chi connectivity index (χ1n) is 5.81. The molecule has 0 atom stereocenters. The third-order valence-corrected chi connectivity index (χ3v) is 4.41. The van der Waals surface area contributed by atoms with E-state index in [1.807, 2.05) is 42.5 Å². The van der Waals surface area contributed by atoms with Crippen molar-refractivity contribution in [2.24, 2.45) is 0 Å². The topological polar surface area (TPSA) is 38.9 Å². The number of nitrogen functional groups attached to an aromatic ring is 1. The highest BCUT2D eigenvalue weighted by Crippen LogP contribution is 2.34. The average molecular weight is 331 g/mol. The van der Waals surface area contributed by atoms with Gasteiger partial charge in [0.15, 0.2) is 0 Å². The van der Waals surface area contributed by atoms with Gasteiger partial charge in [-0.15, -0.1) is 11.3 Å². The number of para-hydroxylation sites is 1. The Morgan fingerprint density at radius 2 is 1.63 bits per heavy atom. The second-order valence-corrected chi connectivity index (χ2v) is 5.82. The standard InChI is InChI=1S/C15H11BrN2S/c16-12-7-3-1-5-10(12)14-9-19-15(18-14)11-6-2-4-8-13(11)17/h1-9H,17H2. The van der Waals surface area contributed by atoms with Gasteiger partial charge in [0.2, 0.25) is 0 Å². The number of anilines is 1. The van der Waals surface area contributed by atoms with Crippen LogP contribution in [0.4, 0.5) is 5.69 Å². The molecule has 94 valence electrons. The smallest absolute Gasteiger partial charge is 0.126 e. The number of rotatable bonds is 2. The van der Waals surface area contributed by atoms with Crippen LogP contribution >= 0.6 is 27.3 Å². The van der Waals surface area contributed by atoms with E-state index in [4.69, 9.17) is 5.73 Å². The largest absolute Gasteiger partial charge is 0.398 e. The van der Waals surface area contributed by atoms with Crippen molar-refractivity contribution < 1.29 is 0 Å². The van der Waals surface area contributed by atoms with Gasteiger partial charge in [-0.05, 0) is 18.2 Å². The first-order valence-corrected chi connectivity index (χ1v) is 7.48. The molecule has 1 heterocycles. The predicted octanol–water partition coefficient (Wildman–Crippen LogP) is 4.82. The zero-order valence-corrected chi connectivity index (χ0v) is 12.4. The maximum atomic E-state index is 5.99. The lowest BCUT2D eigenvalue weighted by atomic mass is 10.1. The van der Waals surface area contributed by atoms with Crippen LogP contribution in [0.15, 0.2) is 58.4 Å². The zero-order valence-electron chi connectivity index (χ0n) is 10.0. The minimum atomic E-state index is 0.760. The van der Waals surface area contributed by atoms with Crippen molar-refractivity contribution in [3.05, 3.63) is 58.4 Å². The van der Waals surface area contributed by atoms with E-state index in [2.05, 4.69) is 32.4 Å². The summed E-state index contributed by atoms with van der Waals surface area (Å²) in [4.78, 5) is 4.68. The highest BCUT2D eigenvalue weighted by molar-refractivity contribution is 9.10. The number of halogens is 1. The third-order valence-electron chi connectivity index (χ3n) is 2.85. The highest BCUT2D eigenvalue weighted by Gasteiger charge is 2.10. The summed E-state index contributed by atoms with van der Waals surface area (Å²) in [6, 6.07) is 15.9. The second-order valence-electron chi connectivity index (χ2n) is 4.10. The molecule has 3 rings (SSSR count). The van der Waals surface area contributed by atoms with E-state index in [9.17, 15) is 0 Å². The van der Waals surface area contributed by atoms with Gasteiger partial charge in [0.05, 0.1) is 5.69 Å². The Kier molecular flexibility index (Phi) is 3.36. The van der Waals surface area contributed by atoms with Crippen LogP contribution in [-0.2, 0) is 0 Å². The molecule has 0 aliphatic rings. The minimum absolute atomic E-state index is 0.760. The lowest BCUT2D eigenvalue weighted by Gasteiger charge is -2.01. The number of thiazole rings is 1. The van der Waals surface area contributed by atoms with Gasteiger partial charge in [-0.3, -0.25) is 0 Å². The van der Waals surface area contributed by atoms with Crippen LogP contribution < -0.4 is 5.73 Å². The quantitative estimate of drug-likeness (QED) is 0.684. The van der Waals surface area contributed by atoms with Crippen LogP contribution in [0.25, 0.3) is 21.8 Å². The predicted molar refractivity (Wildman–Crippen MR) is 85.1 cm³/mol.